The van der Waals surface area contributed by atoms with Crippen molar-refractivity contribution in [3.8, 4) is 0 Å². The van der Waals surface area contributed by atoms with E-state index in [2.05, 4.69) is 23.3 Å². The molecule has 2 rings (SSSR count). The second kappa shape index (κ2) is 10.6. The number of carboxylic acid groups (broad SMARTS) is 2. The van der Waals surface area contributed by atoms with Gasteiger partial charge in [-0.2, -0.15) is 12.6 Å². The van der Waals surface area contributed by atoms with Crippen LogP contribution in [-0.4, -0.2) is 52.5 Å². The number of nitrogens with one attached hydrogen (secondary N) is 2. The van der Waals surface area contributed by atoms with Crippen LogP contribution < -0.4 is 21.2 Å². The summed E-state index contributed by atoms with van der Waals surface area (Å²) < 4.78 is 0. The Labute approximate surface area is 173 Å². The van der Waals surface area contributed by atoms with Crippen LogP contribution >= 0.6 is 20.6 Å². The van der Waals surface area contributed by atoms with E-state index < -0.39 is 44.8 Å². The highest BCUT2D eigenvalue weighted by atomic mass is 32.1. The van der Waals surface area contributed by atoms with E-state index in [-0.39, 0.29) is 0 Å². The molecule has 0 aliphatic rings. The molecule has 0 spiro atoms. The Balaban J connectivity index is 2.10. The molecule has 0 fully saturated rings. The molecule has 0 aliphatic heterocycles. The quantitative estimate of drug-likeness (QED) is 0.291. The maximum Gasteiger partial charge on any atom is 0.322 e. The Morgan fingerprint density at radius 3 is 1.34 bits per heavy atom. The van der Waals surface area contributed by atoms with E-state index in [9.17, 15) is 19.2 Å². The zero-order valence-electron chi connectivity index (χ0n) is 15.2. The maximum atomic E-state index is 11.9. The predicted octanol–water partition coefficient (Wildman–Crippen LogP) is 0.635. The molecule has 0 saturated carbocycles. The number of aliphatic carboxylic acids is 2. The summed E-state index contributed by atoms with van der Waals surface area (Å²) in [4.78, 5) is 44.9. The summed E-state index contributed by atoms with van der Waals surface area (Å²) in [6, 6.07) is 13.7. The Morgan fingerprint density at radius 2 is 1.07 bits per heavy atom. The standard InChI is InChI=1S/C19H19N2O6PS/c22-16(23)9-20-18(26)12-1-5-14(6-2-12)28(11-29)15-7-3-13(4-8-15)19(27)21-10-17(24)25/h1-8,29H,9-11H2,(H,20,26)(H,21,27)(H,22,23)(H,24,25). The minimum absolute atomic E-state index is 0.356. The second-order valence-corrected chi connectivity index (χ2v) is 8.84. The molecule has 0 aliphatic carbocycles. The van der Waals surface area contributed by atoms with Crippen molar-refractivity contribution in [3.63, 3.8) is 0 Å². The van der Waals surface area contributed by atoms with Crippen molar-refractivity contribution in [2.75, 3.05) is 18.6 Å². The van der Waals surface area contributed by atoms with Crippen molar-refractivity contribution in [2.45, 2.75) is 0 Å². The van der Waals surface area contributed by atoms with E-state index in [4.69, 9.17) is 10.2 Å². The fourth-order valence-corrected chi connectivity index (χ4v) is 5.04. The lowest BCUT2D eigenvalue weighted by molar-refractivity contribution is -0.136. The molecule has 0 unspecified atom stereocenters. The van der Waals surface area contributed by atoms with Gasteiger partial charge in [0.2, 0.25) is 0 Å². The van der Waals surface area contributed by atoms with Gasteiger partial charge in [-0.05, 0) is 42.8 Å². The monoisotopic (exact) mass is 434 g/mol. The van der Waals surface area contributed by atoms with Crippen molar-refractivity contribution in [2.24, 2.45) is 0 Å². The number of carbonyl (C=O) groups excluding carboxylic acids is 2. The van der Waals surface area contributed by atoms with Gasteiger partial charge in [0.25, 0.3) is 11.8 Å². The molecule has 2 aromatic carbocycles. The number of hydrogen-bond donors (Lipinski definition) is 5. The highest BCUT2D eigenvalue weighted by molar-refractivity contribution is 7.93. The van der Waals surface area contributed by atoms with Gasteiger partial charge in [0.1, 0.15) is 13.1 Å². The molecule has 0 heterocycles. The van der Waals surface area contributed by atoms with Gasteiger partial charge in [-0.25, -0.2) is 0 Å². The molecule has 0 saturated heterocycles. The van der Waals surface area contributed by atoms with Crippen LogP contribution in [0.25, 0.3) is 0 Å². The summed E-state index contributed by atoms with van der Waals surface area (Å²) in [5.74, 6) is -3.17. The summed E-state index contributed by atoms with van der Waals surface area (Å²) in [5.41, 5.74) is 1.26. The van der Waals surface area contributed by atoms with Crippen LogP contribution in [0.1, 0.15) is 20.7 Å². The third kappa shape index (κ3) is 6.58. The molecular weight excluding hydrogens is 415 g/mol. The fraction of sp³-hybridized carbons (Fsp3) is 0.158. The zero-order valence-corrected chi connectivity index (χ0v) is 17.0. The average Bonchev–Trinajstić information content (AvgIpc) is 2.71. The van der Waals surface area contributed by atoms with E-state index in [1.807, 2.05) is 0 Å². The van der Waals surface area contributed by atoms with Crippen molar-refractivity contribution in [1.29, 1.82) is 0 Å². The topological polar surface area (TPSA) is 133 Å². The summed E-state index contributed by atoms with van der Waals surface area (Å²) in [6.45, 7) is -0.896. The molecule has 0 atom stereocenters. The van der Waals surface area contributed by atoms with Gasteiger partial charge in [-0.1, -0.05) is 24.3 Å². The van der Waals surface area contributed by atoms with Gasteiger partial charge in [0.05, 0.1) is 0 Å². The number of hydrogen-bond acceptors (Lipinski definition) is 5. The second-order valence-electron chi connectivity index (χ2n) is 5.82. The predicted molar refractivity (Wildman–Crippen MR) is 113 cm³/mol. The summed E-state index contributed by atoms with van der Waals surface area (Å²) in [5, 5.41) is 23.8. The molecule has 0 aromatic heterocycles. The largest absolute Gasteiger partial charge is 0.480 e. The zero-order chi connectivity index (χ0) is 21.4. The number of carbonyl (C=O) groups is 4. The van der Waals surface area contributed by atoms with Crippen LogP contribution in [0.2, 0.25) is 0 Å². The van der Waals surface area contributed by atoms with E-state index in [0.717, 1.165) is 10.6 Å². The summed E-state index contributed by atoms with van der Waals surface area (Å²) >= 11 is 4.42. The summed E-state index contributed by atoms with van der Waals surface area (Å²) in [6.07, 6.45) is 0. The molecule has 2 aromatic rings. The van der Waals surface area contributed by atoms with Crippen molar-refractivity contribution >= 4 is 54.9 Å². The van der Waals surface area contributed by atoms with Gasteiger partial charge in [-0.15, -0.1) is 0 Å². The van der Waals surface area contributed by atoms with Crippen LogP contribution in [-0.2, 0) is 9.59 Å². The number of carboxylic acids is 2. The fourth-order valence-electron chi connectivity index (χ4n) is 2.41. The highest BCUT2D eigenvalue weighted by Gasteiger charge is 2.15. The van der Waals surface area contributed by atoms with Crippen LogP contribution in [0.5, 0.6) is 0 Å². The number of thiol groups is 1. The van der Waals surface area contributed by atoms with Crippen LogP contribution in [0.3, 0.4) is 0 Å². The first-order valence-electron chi connectivity index (χ1n) is 8.40. The Bertz CT molecular complexity index is 828. The molecule has 4 N–H and O–H groups in total. The first-order chi connectivity index (χ1) is 13.8. The number of rotatable bonds is 9. The number of benzene rings is 2. The van der Waals surface area contributed by atoms with Gasteiger partial charge in [0.15, 0.2) is 0 Å². The van der Waals surface area contributed by atoms with Crippen molar-refractivity contribution < 1.29 is 29.4 Å². The van der Waals surface area contributed by atoms with Gasteiger partial charge in [0, 0.05) is 16.6 Å². The van der Waals surface area contributed by atoms with Crippen molar-refractivity contribution in [1.82, 2.24) is 10.6 Å². The van der Waals surface area contributed by atoms with Gasteiger partial charge >= 0.3 is 11.9 Å². The molecule has 8 nitrogen and oxygen atoms in total. The Morgan fingerprint density at radius 1 is 0.724 bits per heavy atom. The molecule has 0 bridgehead atoms. The summed E-state index contributed by atoms with van der Waals surface area (Å²) in [7, 11) is -0.836. The lowest BCUT2D eigenvalue weighted by atomic mass is 10.2. The van der Waals surface area contributed by atoms with Gasteiger partial charge < -0.3 is 20.8 Å². The Hall–Kier alpha value is -2.90. The molecule has 0 radical (unpaired) electrons. The smallest absolute Gasteiger partial charge is 0.322 e. The van der Waals surface area contributed by atoms with Crippen LogP contribution in [0, 0.1) is 0 Å². The minimum Gasteiger partial charge on any atom is -0.480 e. The molecule has 29 heavy (non-hydrogen) atoms. The SMILES string of the molecule is O=C(O)CNC(=O)c1ccc(P(CS)c2ccc(C(=O)NCC(=O)O)cc2)cc1. The first-order valence-corrected chi connectivity index (χ1v) is 10.6. The minimum atomic E-state index is -1.12. The lowest BCUT2D eigenvalue weighted by Crippen LogP contribution is -2.29. The van der Waals surface area contributed by atoms with E-state index in [1.165, 1.54) is 0 Å². The van der Waals surface area contributed by atoms with Crippen LogP contribution in [0.4, 0.5) is 0 Å². The Kier molecular flexibility index (Phi) is 8.18. The normalized spacial score (nSPS) is 10.4. The van der Waals surface area contributed by atoms with E-state index in [0.29, 0.717) is 16.6 Å². The number of amides is 2. The van der Waals surface area contributed by atoms with Gasteiger partial charge in [-0.3, -0.25) is 19.2 Å². The van der Waals surface area contributed by atoms with Crippen molar-refractivity contribution in [3.05, 3.63) is 59.7 Å². The third-order valence-electron chi connectivity index (χ3n) is 3.82. The molecule has 10 heteroatoms. The van der Waals surface area contributed by atoms with E-state index >= 15 is 0 Å². The highest BCUT2D eigenvalue weighted by Crippen LogP contribution is 2.34. The molecule has 152 valence electrons. The average molecular weight is 434 g/mol. The molecular formula is C19H19N2O6PS. The van der Waals surface area contributed by atoms with Crippen LogP contribution in [0.15, 0.2) is 48.5 Å². The molecule has 2 amide bonds. The maximum absolute atomic E-state index is 11.9. The third-order valence-corrected chi connectivity index (χ3v) is 6.80. The first kappa shape index (κ1) is 22.4. The lowest BCUT2D eigenvalue weighted by Gasteiger charge is -2.17. The van der Waals surface area contributed by atoms with E-state index in [1.54, 1.807) is 48.5 Å².